The molecule has 0 aromatic heterocycles. The maximum Gasteiger partial charge on any atom is 0.251 e. The normalized spacial score (nSPS) is 10.0. The molecule has 0 aliphatic heterocycles. The Hall–Kier alpha value is -2.53. The number of anilines is 1. The third kappa shape index (κ3) is 4.22. The topological polar surface area (TPSA) is 76.4 Å². The standard InChI is InChI=1S/C16H19N3O2/c1-12-11-13(19-17)7-8-15(12)16(20)18-9-10-21-14-5-3-2-4-6-14/h2-8,11,19H,9-10,17H2,1H3,(H,18,20). The number of benzene rings is 2. The quantitative estimate of drug-likeness (QED) is 0.431. The Morgan fingerprint density at radius 3 is 2.62 bits per heavy atom. The molecule has 0 heterocycles. The average Bonchev–Trinajstić information content (AvgIpc) is 2.52. The third-order valence-electron chi connectivity index (χ3n) is 3.04. The van der Waals surface area contributed by atoms with Crippen LogP contribution >= 0.6 is 0 Å². The van der Waals surface area contributed by atoms with E-state index in [1.165, 1.54) is 0 Å². The molecule has 5 heteroatoms. The fourth-order valence-corrected chi connectivity index (χ4v) is 1.95. The lowest BCUT2D eigenvalue weighted by atomic mass is 10.1. The molecule has 2 aromatic rings. The Balaban J connectivity index is 1.82. The number of hydrazine groups is 1. The van der Waals surface area contributed by atoms with Crippen LogP contribution in [0.1, 0.15) is 15.9 Å². The summed E-state index contributed by atoms with van der Waals surface area (Å²) in [5.41, 5.74) is 4.83. The summed E-state index contributed by atoms with van der Waals surface area (Å²) in [5.74, 6) is 6.01. The van der Waals surface area contributed by atoms with Gasteiger partial charge in [-0.1, -0.05) is 18.2 Å². The van der Waals surface area contributed by atoms with Gasteiger partial charge in [-0.3, -0.25) is 10.6 Å². The summed E-state index contributed by atoms with van der Waals surface area (Å²) in [5, 5.41) is 2.83. The SMILES string of the molecule is Cc1cc(NN)ccc1C(=O)NCCOc1ccccc1. The number of para-hydroxylation sites is 1. The smallest absolute Gasteiger partial charge is 0.251 e. The zero-order valence-electron chi connectivity index (χ0n) is 11.9. The summed E-state index contributed by atoms with van der Waals surface area (Å²) in [7, 11) is 0. The second-order valence-electron chi connectivity index (χ2n) is 4.59. The summed E-state index contributed by atoms with van der Waals surface area (Å²) in [6.45, 7) is 2.75. The third-order valence-corrected chi connectivity index (χ3v) is 3.04. The van der Waals surface area contributed by atoms with E-state index in [1.807, 2.05) is 43.3 Å². The van der Waals surface area contributed by atoms with Crippen molar-refractivity contribution in [2.75, 3.05) is 18.6 Å². The van der Waals surface area contributed by atoms with Crippen LogP contribution in [0.15, 0.2) is 48.5 Å². The first-order chi connectivity index (χ1) is 10.2. The predicted octanol–water partition coefficient (Wildman–Crippen LogP) is 2.09. The molecule has 0 spiro atoms. The number of carbonyl (C=O) groups excluding carboxylic acids is 1. The molecule has 1 amide bonds. The molecule has 0 aliphatic rings. The minimum atomic E-state index is -0.118. The maximum atomic E-state index is 12.1. The van der Waals surface area contributed by atoms with Crippen molar-refractivity contribution in [2.45, 2.75) is 6.92 Å². The number of nitrogens with two attached hydrogens (primary N) is 1. The number of nitrogen functional groups attached to an aromatic ring is 1. The molecule has 0 atom stereocenters. The lowest BCUT2D eigenvalue weighted by Gasteiger charge is -2.10. The molecule has 0 saturated heterocycles. The van der Waals surface area contributed by atoms with E-state index in [9.17, 15) is 4.79 Å². The maximum absolute atomic E-state index is 12.1. The molecule has 2 aromatic carbocycles. The number of amides is 1. The van der Waals surface area contributed by atoms with Crippen molar-refractivity contribution >= 4 is 11.6 Å². The molecule has 0 radical (unpaired) electrons. The van der Waals surface area contributed by atoms with Crippen molar-refractivity contribution in [3.8, 4) is 5.75 Å². The first-order valence-electron chi connectivity index (χ1n) is 6.74. The van der Waals surface area contributed by atoms with Crippen LogP contribution in [-0.2, 0) is 0 Å². The van der Waals surface area contributed by atoms with Crippen LogP contribution in [0.3, 0.4) is 0 Å². The molecule has 110 valence electrons. The van der Waals surface area contributed by atoms with Crippen LogP contribution in [0.2, 0.25) is 0 Å². The van der Waals surface area contributed by atoms with Crippen LogP contribution in [0.25, 0.3) is 0 Å². The lowest BCUT2D eigenvalue weighted by molar-refractivity contribution is 0.0946. The van der Waals surface area contributed by atoms with Crippen molar-refractivity contribution in [2.24, 2.45) is 5.84 Å². The number of hydrogen-bond acceptors (Lipinski definition) is 4. The van der Waals surface area contributed by atoms with Crippen LogP contribution in [-0.4, -0.2) is 19.1 Å². The molecule has 0 fully saturated rings. The molecule has 0 aliphatic carbocycles. The minimum absolute atomic E-state index is 0.118. The fraction of sp³-hybridized carbons (Fsp3) is 0.188. The van der Waals surface area contributed by atoms with E-state index in [1.54, 1.807) is 12.1 Å². The second-order valence-corrected chi connectivity index (χ2v) is 4.59. The van der Waals surface area contributed by atoms with E-state index in [0.717, 1.165) is 17.0 Å². The zero-order valence-corrected chi connectivity index (χ0v) is 11.9. The van der Waals surface area contributed by atoms with Crippen molar-refractivity contribution in [1.29, 1.82) is 0 Å². The van der Waals surface area contributed by atoms with E-state index >= 15 is 0 Å². The molecule has 0 saturated carbocycles. The largest absolute Gasteiger partial charge is 0.492 e. The summed E-state index contributed by atoms with van der Waals surface area (Å²) in [4.78, 5) is 12.1. The van der Waals surface area contributed by atoms with Gasteiger partial charge in [-0.15, -0.1) is 0 Å². The van der Waals surface area contributed by atoms with Crippen molar-refractivity contribution in [3.05, 3.63) is 59.7 Å². The van der Waals surface area contributed by atoms with Gasteiger partial charge in [0.25, 0.3) is 5.91 Å². The number of rotatable bonds is 6. The van der Waals surface area contributed by atoms with Gasteiger partial charge in [0.05, 0.1) is 6.54 Å². The van der Waals surface area contributed by atoms with Gasteiger partial charge < -0.3 is 15.5 Å². The Morgan fingerprint density at radius 1 is 1.19 bits per heavy atom. The van der Waals surface area contributed by atoms with E-state index in [4.69, 9.17) is 10.6 Å². The summed E-state index contributed by atoms with van der Waals surface area (Å²) >= 11 is 0. The first kappa shape index (κ1) is 14.9. The molecule has 0 unspecified atom stereocenters. The van der Waals surface area contributed by atoms with Crippen LogP contribution in [0.4, 0.5) is 5.69 Å². The summed E-state index contributed by atoms with van der Waals surface area (Å²) in [6, 6.07) is 14.8. The minimum Gasteiger partial charge on any atom is -0.492 e. The van der Waals surface area contributed by atoms with Gasteiger partial charge in [0, 0.05) is 11.3 Å². The second kappa shape index (κ2) is 7.31. The lowest BCUT2D eigenvalue weighted by Crippen LogP contribution is -2.28. The summed E-state index contributed by atoms with van der Waals surface area (Å²) < 4.78 is 5.52. The van der Waals surface area contributed by atoms with Crippen LogP contribution in [0.5, 0.6) is 5.75 Å². The summed E-state index contributed by atoms with van der Waals surface area (Å²) in [6.07, 6.45) is 0. The number of hydrogen-bond donors (Lipinski definition) is 3. The highest BCUT2D eigenvalue weighted by molar-refractivity contribution is 5.96. The van der Waals surface area contributed by atoms with Crippen molar-refractivity contribution in [1.82, 2.24) is 5.32 Å². The Labute approximate surface area is 124 Å². The molecule has 2 rings (SSSR count). The van der Waals surface area contributed by atoms with E-state index < -0.39 is 0 Å². The highest BCUT2D eigenvalue weighted by Gasteiger charge is 2.08. The first-order valence-corrected chi connectivity index (χ1v) is 6.74. The van der Waals surface area contributed by atoms with Crippen LogP contribution in [0, 0.1) is 6.92 Å². The Bertz CT molecular complexity index is 600. The zero-order chi connectivity index (χ0) is 15.1. The number of carbonyl (C=O) groups is 1. The molecule has 4 N–H and O–H groups in total. The Morgan fingerprint density at radius 2 is 1.95 bits per heavy atom. The molecular formula is C16H19N3O2. The van der Waals surface area contributed by atoms with Gasteiger partial charge in [-0.2, -0.15) is 0 Å². The van der Waals surface area contributed by atoms with E-state index in [0.29, 0.717) is 18.7 Å². The van der Waals surface area contributed by atoms with Gasteiger partial charge >= 0.3 is 0 Å². The number of nitrogens with one attached hydrogen (secondary N) is 2. The van der Waals surface area contributed by atoms with Gasteiger partial charge in [0.2, 0.25) is 0 Å². The highest BCUT2D eigenvalue weighted by atomic mass is 16.5. The highest BCUT2D eigenvalue weighted by Crippen LogP contribution is 2.14. The number of ether oxygens (including phenoxy) is 1. The monoisotopic (exact) mass is 285 g/mol. The van der Waals surface area contributed by atoms with Gasteiger partial charge in [-0.05, 0) is 42.8 Å². The molecule has 0 bridgehead atoms. The molecule has 5 nitrogen and oxygen atoms in total. The van der Waals surface area contributed by atoms with Gasteiger partial charge in [0.15, 0.2) is 0 Å². The number of aryl methyl sites for hydroxylation is 1. The fourth-order valence-electron chi connectivity index (χ4n) is 1.95. The Kier molecular flexibility index (Phi) is 5.17. The van der Waals surface area contributed by atoms with Crippen molar-refractivity contribution < 1.29 is 9.53 Å². The van der Waals surface area contributed by atoms with Crippen LogP contribution < -0.4 is 21.3 Å². The van der Waals surface area contributed by atoms with E-state index in [2.05, 4.69) is 10.7 Å². The van der Waals surface area contributed by atoms with Crippen molar-refractivity contribution in [3.63, 3.8) is 0 Å². The predicted molar refractivity (Wildman–Crippen MR) is 83.3 cm³/mol. The van der Waals surface area contributed by atoms with Gasteiger partial charge in [0.1, 0.15) is 12.4 Å². The molecule has 21 heavy (non-hydrogen) atoms. The van der Waals surface area contributed by atoms with E-state index in [-0.39, 0.29) is 5.91 Å². The van der Waals surface area contributed by atoms with Gasteiger partial charge in [-0.25, -0.2) is 0 Å². The average molecular weight is 285 g/mol. The molecular weight excluding hydrogens is 266 g/mol.